The van der Waals surface area contributed by atoms with E-state index >= 15 is 0 Å². The fraction of sp³-hybridized carbons (Fsp3) is 0.538. The van der Waals surface area contributed by atoms with Crippen LogP contribution in [0.5, 0.6) is 0 Å². The normalized spacial score (nSPS) is 30.2. The molecule has 1 aromatic carbocycles. The highest BCUT2D eigenvalue weighted by Gasteiger charge is 2.52. The van der Waals surface area contributed by atoms with E-state index in [0.29, 0.717) is 5.92 Å². The summed E-state index contributed by atoms with van der Waals surface area (Å²) in [4.78, 5) is 0.207. The highest BCUT2D eigenvalue weighted by molar-refractivity contribution is 7.86. The van der Waals surface area contributed by atoms with E-state index in [2.05, 4.69) is 0 Å². The Morgan fingerprint density at radius 3 is 2.56 bits per heavy atom. The fourth-order valence-electron chi connectivity index (χ4n) is 2.64. The first-order valence-electron chi connectivity index (χ1n) is 6.09. The Labute approximate surface area is 107 Å². The Kier molecular flexibility index (Phi) is 2.73. The van der Waals surface area contributed by atoms with E-state index in [-0.39, 0.29) is 17.1 Å². The highest BCUT2D eigenvalue weighted by atomic mass is 32.2. The summed E-state index contributed by atoms with van der Waals surface area (Å²) >= 11 is 0. The van der Waals surface area contributed by atoms with Crippen molar-refractivity contribution >= 4 is 10.1 Å². The predicted molar refractivity (Wildman–Crippen MR) is 65.7 cm³/mol. The summed E-state index contributed by atoms with van der Waals surface area (Å²) in [7, 11) is -3.66. The third-order valence-electron chi connectivity index (χ3n) is 3.73. The lowest BCUT2D eigenvalue weighted by Crippen LogP contribution is -2.41. The summed E-state index contributed by atoms with van der Waals surface area (Å²) in [5.41, 5.74) is 0.691. The van der Waals surface area contributed by atoms with Crippen LogP contribution in [-0.2, 0) is 19.0 Å². The minimum atomic E-state index is -3.66. The second-order valence-electron chi connectivity index (χ2n) is 5.30. The molecule has 1 aliphatic carbocycles. The molecule has 2 heterocycles. The van der Waals surface area contributed by atoms with Crippen molar-refractivity contribution in [2.45, 2.75) is 30.3 Å². The van der Waals surface area contributed by atoms with E-state index in [0.717, 1.165) is 25.0 Å². The highest BCUT2D eigenvalue weighted by Crippen LogP contribution is 2.48. The Morgan fingerprint density at radius 1 is 1.33 bits per heavy atom. The quantitative estimate of drug-likeness (QED) is 0.782. The molecule has 4 nitrogen and oxygen atoms in total. The van der Waals surface area contributed by atoms with Crippen molar-refractivity contribution in [3.8, 4) is 0 Å². The van der Waals surface area contributed by atoms with Gasteiger partial charge in [-0.2, -0.15) is 8.42 Å². The molecule has 0 spiro atoms. The largest absolute Gasteiger partial charge is 0.372 e. The first-order chi connectivity index (χ1) is 8.49. The van der Waals surface area contributed by atoms with E-state index in [9.17, 15) is 8.42 Å². The molecule has 5 heteroatoms. The topological polar surface area (TPSA) is 52.6 Å². The zero-order chi connectivity index (χ0) is 12.8. The zero-order valence-corrected chi connectivity index (χ0v) is 11.1. The summed E-state index contributed by atoms with van der Waals surface area (Å²) in [5.74, 6) is 0.607. The number of rotatable bonds is 4. The van der Waals surface area contributed by atoms with Gasteiger partial charge in [-0.05, 0) is 37.8 Å². The van der Waals surface area contributed by atoms with Gasteiger partial charge in [0.25, 0.3) is 10.1 Å². The standard InChI is InChI=1S/C13H16O4S/c1-10-2-4-12(5-3-10)18(14,15)17-9-13-6-11(7-13)8-16-13/h2-5,11H,6-9H2,1H3. The van der Waals surface area contributed by atoms with Crippen LogP contribution in [0.3, 0.4) is 0 Å². The summed E-state index contributed by atoms with van der Waals surface area (Å²) in [5, 5.41) is 0. The minimum Gasteiger partial charge on any atom is -0.372 e. The van der Waals surface area contributed by atoms with Crippen LogP contribution < -0.4 is 0 Å². The first kappa shape index (κ1) is 12.1. The van der Waals surface area contributed by atoms with Crippen LogP contribution in [0.15, 0.2) is 29.2 Å². The van der Waals surface area contributed by atoms with E-state index < -0.39 is 10.1 Å². The van der Waals surface area contributed by atoms with Crippen LogP contribution >= 0.6 is 0 Å². The molecule has 2 saturated heterocycles. The average molecular weight is 268 g/mol. The Bertz CT molecular complexity index is 535. The van der Waals surface area contributed by atoms with Crippen LogP contribution in [0.25, 0.3) is 0 Å². The maximum absolute atomic E-state index is 12.0. The maximum Gasteiger partial charge on any atom is 0.297 e. The molecule has 2 aliphatic heterocycles. The Morgan fingerprint density at radius 2 is 2.00 bits per heavy atom. The SMILES string of the molecule is Cc1ccc(S(=O)(=O)OCC23CC(CO2)C3)cc1. The third-order valence-corrected chi connectivity index (χ3v) is 5.01. The van der Waals surface area contributed by atoms with Crippen molar-refractivity contribution in [2.24, 2.45) is 5.92 Å². The number of ether oxygens (including phenoxy) is 1. The lowest BCUT2D eigenvalue weighted by molar-refractivity contribution is -0.0341. The van der Waals surface area contributed by atoms with E-state index in [1.807, 2.05) is 6.92 Å². The van der Waals surface area contributed by atoms with Crippen molar-refractivity contribution in [3.63, 3.8) is 0 Å². The van der Waals surface area contributed by atoms with Gasteiger partial charge in [-0.1, -0.05) is 17.7 Å². The molecule has 4 rings (SSSR count). The molecule has 0 unspecified atom stereocenters. The summed E-state index contributed by atoms with van der Waals surface area (Å²) in [6, 6.07) is 6.67. The molecular weight excluding hydrogens is 252 g/mol. The molecule has 1 saturated carbocycles. The second kappa shape index (κ2) is 4.05. The van der Waals surface area contributed by atoms with Crippen LogP contribution in [0.1, 0.15) is 18.4 Å². The second-order valence-corrected chi connectivity index (χ2v) is 6.91. The number of benzene rings is 1. The van der Waals surface area contributed by atoms with E-state index in [1.54, 1.807) is 24.3 Å². The van der Waals surface area contributed by atoms with Gasteiger partial charge in [0.05, 0.1) is 23.7 Å². The lowest BCUT2D eigenvalue weighted by Gasteiger charge is -2.34. The predicted octanol–water partition coefficient (Wildman–Crippen LogP) is 1.88. The van der Waals surface area contributed by atoms with Crippen LogP contribution in [0.4, 0.5) is 0 Å². The maximum atomic E-state index is 12.0. The number of hydrogen-bond donors (Lipinski definition) is 0. The molecule has 3 aliphatic rings. The number of hydrogen-bond acceptors (Lipinski definition) is 4. The van der Waals surface area contributed by atoms with Crippen molar-refractivity contribution in [1.82, 2.24) is 0 Å². The molecule has 2 bridgehead atoms. The Hall–Kier alpha value is -0.910. The molecule has 0 atom stereocenters. The monoisotopic (exact) mass is 268 g/mol. The van der Waals surface area contributed by atoms with Crippen molar-refractivity contribution in [3.05, 3.63) is 29.8 Å². The molecule has 1 aromatic rings. The molecule has 0 amide bonds. The minimum absolute atomic E-state index is 0.139. The number of fused-ring (bicyclic) bond motifs is 1. The summed E-state index contributed by atoms with van der Waals surface area (Å²) < 4.78 is 34.7. The van der Waals surface area contributed by atoms with Crippen LogP contribution in [0, 0.1) is 12.8 Å². The van der Waals surface area contributed by atoms with Crippen LogP contribution in [0.2, 0.25) is 0 Å². The van der Waals surface area contributed by atoms with E-state index in [1.165, 1.54) is 0 Å². The van der Waals surface area contributed by atoms with Gasteiger partial charge in [0.1, 0.15) is 0 Å². The summed E-state index contributed by atoms with van der Waals surface area (Å²) in [6.45, 7) is 2.80. The van der Waals surface area contributed by atoms with Crippen molar-refractivity contribution < 1.29 is 17.3 Å². The zero-order valence-electron chi connectivity index (χ0n) is 10.3. The van der Waals surface area contributed by atoms with Gasteiger partial charge in [0.15, 0.2) is 0 Å². The van der Waals surface area contributed by atoms with E-state index in [4.69, 9.17) is 8.92 Å². The van der Waals surface area contributed by atoms with Crippen LogP contribution in [-0.4, -0.2) is 27.2 Å². The molecular formula is C13H16O4S. The third kappa shape index (κ3) is 2.06. The molecule has 0 N–H and O–H groups in total. The lowest BCUT2D eigenvalue weighted by atomic mass is 9.75. The fourth-order valence-corrected chi connectivity index (χ4v) is 3.62. The van der Waals surface area contributed by atoms with Gasteiger partial charge in [-0.25, -0.2) is 0 Å². The molecule has 0 radical (unpaired) electrons. The molecule has 0 aromatic heterocycles. The smallest absolute Gasteiger partial charge is 0.297 e. The van der Waals surface area contributed by atoms with Crippen molar-refractivity contribution in [1.29, 1.82) is 0 Å². The number of aryl methyl sites for hydroxylation is 1. The molecule has 3 fully saturated rings. The van der Waals surface area contributed by atoms with Gasteiger partial charge in [-0.15, -0.1) is 0 Å². The Balaban J connectivity index is 1.69. The van der Waals surface area contributed by atoms with Gasteiger partial charge in [-0.3, -0.25) is 4.18 Å². The van der Waals surface area contributed by atoms with Gasteiger partial charge < -0.3 is 4.74 Å². The molecule has 18 heavy (non-hydrogen) atoms. The van der Waals surface area contributed by atoms with Gasteiger partial charge in [0.2, 0.25) is 0 Å². The van der Waals surface area contributed by atoms with Gasteiger partial charge in [0, 0.05) is 0 Å². The molecule has 98 valence electrons. The average Bonchev–Trinajstić information content (AvgIpc) is 2.86. The first-order valence-corrected chi connectivity index (χ1v) is 7.50. The van der Waals surface area contributed by atoms with Gasteiger partial charge >= 0.3 is 0 Å². The van der Waals surface area contributed by atoms with Crippen molar-refractivity contribution in [2.75, 3.05) is 13.2 Å². The summed E-state index contributed by atoms with van der Waals surface area (Å²) in [6.07, 6.45) is 1.85.